The quantitative estimate of drug-likeness (QED) is 0.397. The van der Waals surface area contributed by atoms with Gasteiger partial charge in [0, 0.05) is 37.0 Å². The molecule has 1 fully saturated rings. The summed E-state index contributed by atoms with van der Waals surface area (Å²) in [6.07, 6.45) is 2.33. The number of benzene rings is 1. The Bertz CT molecular complexity index is 740. The molecule has 6 nitrogen and oxygen atoms in total. The van der Waals surface area contributed by atoms with Gasteiger partial charge < -0.3 is 14.8 Å². The van der Waals surface area contributed by atoms with Crippen molar-refractivity contribution in [3.05, 3.63) is 33.8 Å². The average Bonchev–Trinajstić information content (AvgIpc) is 2.68. The van der Waals surface area contributed by atoms with Crippen molar-refractivity contribution < 1.29 is 14.7 Å². The topological polar surface area (TPSA) is 72.9 Å². The summed E-state index contributed by atoms with van der Waals surface area (Å²) >= 11 is 12.1. The van der Waals surface area contributed by atoms with Crippen molar-refractivity contribution >= 4 is 35.6 Å². The van der Waals surface area contributed by atoms with E-state index in [2.05, 4.69) is 22.2 Å². The molecular weight excluding hydrogens is 401 g/mol. The molecule has 1 aromatic rings. The number of amides is 1. The zero-order valence-corrected chi connectivity index (χ0v) is 17.3. The molecule has 0 radical (unpaired) electrons. The number of rotatable bonds is 7. The van der Waals surface area contributed by atoms with E-state index in [-0.39, 0.29) is 18.4 Å². The molecule has 1 heterocycles. The lowest BCUT2D eigenvalue weighted by Gasteiger charge is -2.39. The number of hydrogen-bond donors (Lipinski definition) is 2. The van der Waals surface area contributed by atoms with E-state index in [1.165, 1.54) is 0 Å². The summed E-state index contributed by atoms with van der Waals surface area (Å²) < 4.78 is 0. The Balaban J connectivity index is 1.85. The van der Waals surface area contributed by atoms with Gasteiger partial charge in [-0.15, -0.1) is 0 Å². The van der Waals surface area contributed by atoms with E-state index in [0.717, 1.165) is 49.3 Å². The maximum Gasteiger partial charge on any atom is 0.422 e. The molecule has 1 aromatic carbocycles. The monoisotopic (exact) mass is 425 g/mol. The fourth-order valence-electron chi connectivity index (χ4n) is 3.54. The first-order valence-electron chi connectivity index (χ1n) is 9.25. The van der Waals surface area contributed by atoms with Crippen LogP contribution in [0.15, 0.2) is 18.2 Å². The van der Waals surface area contributed by atoms with Gasteiger partial charge in [0.25, 0.3) is 0 Å². The first-order valence-corrected chi connectivity index (χ1v) is 10.0. The van der Waals surface area contributed by atoms with Crippen LogP contribution in [0.5, 0.6) is 0 Å². The number of halogens is 2. The van der Waals surface area contributed by atoms with Gasteiger partial charge in [0.2, 0.25) is 0 Å². The van der Waals surface area contributed by atoms with Crippen molar-refractivity contribution in [3.63, 3.8) is 0 Å². The van der Waals surface area contributed by atoms with Gasteiger partial charge in [-0.1, -0.05) is 35.0 Å². The van der Waals surface area contributed by atoms with E-state index in [4.69, 9.17) is 23.2 Å². The second-order valence-electron chi connectivity index (χ2n) is 6.70. The summed E-state index contributed by atoms with van der Waals surface area (Å²) in [6.45, 7) is 2.55. The highest BCUT2D eigenvalue weighted by molar-refractivity contribution is 6.33. The highest BCUT2D eigenvalue weighted by Crippen LogP contribution is 2.25. The standard InChI is InChI=1S/C20H25Cl2N3O3/c1-23-25(20(27)28)19(9-13-26)15-7-11-24(12-8-15)10-3-2-4-16-14-17(21)5-6-18(16)22/h5-6,13-15,19,23H,3,7-12H2,1H3,(H,27,28). The predicted molar refractivity (Wildman–Crippen MR) is 111 cm³/mol. The summed E-state index contributed by atoms with van der Waals surface area (Å²) in [5.41, 5.74) is 3.41. The number of carboxylic acid groups (broad SMARTS) is 1. The summed E-state index contributed by atoms with van der Waals surface area (Å²) in [5, 5.41) is 11.7. The number of hydrogen-bond acceptors (Lipinski definition) is 4. The van der Waals surface area contributed by atoms with Crippen molar-refractivity contribution in [1.82, 2.24) is 15.3 Å². The first-order chi connectivity index (χ1) is 13.5. The molecule has 1 unspecified atom stereocenters. The van der Waals surface area contributed by atoms with Crippen LogP contribution in [0.4, 0.5) is 4.79 Å². The Morgan fingerprint density at radius 2 is 2.14 bits per heavy atom. The molecule has 152 valence electrons. The number of nitrogens with zero attached hydrogens (tertiary/aromatic N) is 2. The SMILES string of the molecule is CNN(C(=O)O)C(CC=O)C1CCN(CCC#Cc2cc(Cl)ccc2Cl)CC1. The highest BCUT2D eigenvalue weighted by atomic mass is 35.5. The molecule has 0 aliphatic carbocycles. The van der Waals surface area contributed by atoms with Crippen LogP contribution in [-0.4, -0.2) is 60.1 Å². The Hall–Kier alpha value is -1.78. The molecule has 2 rings (SSSR count). The molecule has 8 heteroatoms. The Labute approximate surface area is 175 Å². The first kappa shape index (κ1) is 22.5. The molecule has 0 bridgehead atoms. The van der Waals surface area contributed by atoms with Gasteiger partial charge >= 0.3 is 6.09 Å². The van der Waals surface area contributed by atoms with E-state index in [1.54, 1.807) is 25.2 Å². The van der Waals surface area contributed by atoms with E-state index >= 15 is 0 Å². The Morgan fingerprint density at radius 1 is 1.43 bits per heavy atom. The fraction of sp³-hybridized carbons (Fsp3) is 0.500. The van der Waals surface area contributed by atoms with Crippen LogP contribution in [0.1, 0.15) is 31.2 Å². The van der Waals surface area contributed by atoms with E-state index in [9.17, 15) is 14.7 Å². The van der Waals surface area contributed by atoms with Crippen molar-refractivity contribution in [3.8, 4) is 11.8 Å². The van der Waals surface area contributed by atoms with Crippen LogP contribution in [-0.2, 0) is 4.79 Å². The Kier molecular flexibility index (Phi) is 9.07. The summed E-state index contributed by atoms with van der Waals surface area (Å²) in [4.78, 5) is 24.7. The molecule has 1 saturated heterocycles. The average molecular weight is 426 g/mol. The lowest BCUT2D eigenvalue weighted by atomic mass is 9.87. The smallest absolute Gasteiger partial charge is 0.422 e. The molecule has 0 saturated carbocycles. The van der Waals surface area contributed by atoms with Crippen LogP contribution >= 0.6 is 23.2 Å². The summed E-state index contributed by atoms with van der Waals surface area (Å²) in [7, 11) is 1.56. The van der Waals surface area contributed by atoms with Gasteiger partial charge in [-0.3, -0.25) is 0 Å². The van der Waals surface area contributed by atoms with Crippen LogP contribution in [0.2, 0.25) is 10.0 Å². The maximum atomic E-state index is 11.4. The third kappa shape index (κ3) is 6.39. The van der Waals surface area contributed by atoms with Crippen molar-refractivity contribution in [2.24, 2.45) is 5.92 Å². The molecule has 0 aromatic heterocycles. The zero-order valence-electron chi connectivity index (χ0n) is 15.8. The minimum Gasteiger partial charge on any atom is -0.464 e. The number of nitrogens with one attached hydrogen (secondary N) is 1. The minimum atomic E-state index is -1.06. The molecule has 2 N–H and O–H groups in total. The van der Waals surface area contributed by atoms with E-state index in [0.29, 0.717) is 16.5 Å². The molecule has 0 spiro atoms. The van der Waals surface area contributed by atoms with Crippen LogP contribution in [0.25, 0.3) is 0 Å². The minimum absolute atomic E-state index is 0.154. The van der Waals surface area contributed by atoms with Gasteiger partial charge in [0.05, 0.1) is 11.1 Å². The van der Waals surface area contributed by atoms with Gasteiger partial charge in [-0.25, -0.2) is 15.2 Å². The normalized spacial score (nSPS) is 16.1. The summed E-state index contributed by atoms with van der Waals surface area (Å²) in [5.74, 6) is 6.35. The predicted octanol–water partition coefficient (Wildman–Crippen LogP) is 3.52. The number of piperidine rings is 1. The molecule has 1 aliphatic rings. The second kappa shape index (κ2) is 11.3. The molecule has 1 aliphatic heterocycles. The molecule has 28 heavy (non-hydrogen) atoms. The zero-order chi connectivity index (χ0) is 20.5. The van der Waals surface area contributed by atoms with E-state index < -0.39 is 6.09 Å². The van der Waals surface area contributed by atoms with Crippen molar-refractivity contribution in [1.29, 1.82) is 0 Å². The van der Waals surface area contributed by atoms with Crippen molar-refractivity contribution in [2.45, 2.75) is 31.7 Å². The van der Waals surface area contributed by atoms with Crippen LogP contribution < -0.4 is 5.43 Å². The summed E-state index contributed by atoms with van der Waals surface area (Å²) in [6, 6.07) is 4.88. The largest absolute Gasteiger partial charge is 0.464 e. The van der Waals surface area contributed by atoms with Gasteiger partial charge in [-0.2, -0.15) is 0 Å². The van der Waals surface area contributed by atoms with Gasteiger partial charge in [0.15, 0.2) is 0 Å². The third-order valence-corrected chi connectivity index (χ3v) is 5.56. The molecule has 1 amide bonds. The fourth-order valence-corrected chi connectivity index (χ4v) is 3.87. The van der Waals surface area contributed by atoms with E-state index in [1.807, 2.05) is 0 Å². The second-order valence-corrected chi connectivity index (χ2v) is 7.54. The maximum absolute atomic E-state index is 11.4. The number of aldehydes is 1. The third-order valence-electron chi connectivity index (χ3n) is 5.00. The lowest BCUT2D eigenvalue weighted by Crippen LogP contribution is -2.52. The van der Waals surface area contributed by atoms with Crippen molar-refractivity contribution in [2.75, 3.05) is 26.7 Å². The number of likely N-dealkylation sites (tertiary alicyclic amines) is 1. The van der Waals surface area contributed by atoms with Gasteiger partial charge in [-0.05, 0) is 50.0 Å². The molecule has 1 atom stereocenters. The van der Waals surface area contributed by atoms with Gasteiger partial charge in [0.1, 0.15) is 6.29 Å². The Morgan fingerprint density at radius 3 is 2.75 bits per heavy atom. The lowest BCUT2D eigenvalue weighted by molar-refractivity contribution is -0.109. The highest BCUT2D eigenvalue weighted by Gasteiger charge is 2.32. The molecular formula is C20H25Cl2N3O3. The van der Waals surface area contributed by atoms with Crippen LogP contribution in [0, 0.1) is 17.8 Å². The number of carbonyl (C=O) groups is 2. The number of hydrazine groups is 1. The number of carbonyl (C=O) groups excluding carboxylic acids is 1. The van der Waals surface area contributed by atoms with Crippen LogP contribution in [0.3, 0.4) is 0 Å².